The summed E-state index contributed by atoms with van der Waals surface area (Å²) in [6.07, 6.45) is 14.8. The Morgan fingerprint density at radius 1 is 0.211 bits per heavy atom. The number of unbranched alkanes of at least 4 members (excludes halogenated alkanes) is 6. The molecule has 448 valence electrons. The summed E-state index contributed by atoms with van der Waals surface area (Å²) in [4.78, 5) is 0. The summed E-state index contributed by atoms with van der Waals surface area (Å²) in [5.74, 6) is 13.5. The zero-order valence-electron chi connectivity index (χ0n) is 47.3. The molecule has 6 fully saturated rings. The molecule has 0 saturated carbocycles. The molecule has 8 bridgehead atoms. The van der Waals surface area contributed by atoms with Gasteiger partial charge in [-0.1, -0.05) is 80.1 Å². The maximum absolute atomic E-state index is 9.90. The van der Waals surface area contributed by atoms with Gasteiger partial charge in [0.2, 0.25) is 0 Å². The van der Waals surface area contributed by atoms with E-state index < -0.39 is 70.4 Å². The van der Waals surface area contributed by atoms with Gasteiger partial charge in [-0.2, -0.15) is 94.1 Å². The summed E-state index contributed by atoms with van der Waals surface area (Å²) < 4.78 is 97.8. The predicted molar refractivity (Wildman–Crippen MR) is 349 cm³/mol. The lowest BCUT2D eigenvalue weighted by Crippen LogP contribution is -2.88. The van der Waals surface area contributed by atoms with Crippen LogP contribution in [0.5, 0.6) is 0 Å². The highest BCUT2D eigenvalue weighted by molar-refractivity contribution is 8.00. The molecule has 14 nitrogen and oxygen atoms in total. The van der Waals surface area contributed by atoms with Crippen LogP contribution in [0.1, 0.15) is 131 Å². The normalized spacial score (nSPS) is 31.9. The molecule has 30 heteroatoms. The van der Waals surface area contributed by atoms with E-state index in [0.29, 0.717) is 72.7 Å². The minimum absolute atomic E-state index is 0.135. The Bertz CT molecular complexity index is 1170. The molecule has 0 spiro atoms. The van der Waals surface area contributed by atoms with Crippen LogP contribution in [0.15, 0.2) is 0 Å². The van der Waals surface area contributed by atoms with Gasteiger partial charge in [0.05, 0.1) is 0 Å². The van der Waals surface area contributed by atoms with Gasteiger partial charge < -0.3 is 59.6 Å². The predicted octanol–water partition coefficient (Wildman–Crippen LogP) is 13.2. The van der Waals surface area contributed by atoms with Crippen molar-refractivity contribution in [2.45, 2.75) is 180 Å². The molecule has 0 aromatic carbocycles. The zero-order chi connectivity index (χ0) is 54.4. The lowest BCUT2D eigenvalue weighted by atomic mass is 10.4. The van der Waals surface area contributed by atoms with E-state index in [1.54, 1.807) is 23.5 Å². The van der Waals surface area contributed by atoms with E-state index in [9.17, 15) is 10.2 Å². The Hall–Kier alpha value is 3.98. The Labute approximate surface area is 504 Å². The largest absolute Gasteiger partial charge is 0.479 e. The first-order valence-corrected chi connectivity index (χ1v) is 53.9. The van der Waals surface area contributed by atoms with E-state index in [4.69, 9.17) is 49.4 Å². The van der Waals surface area contributed by atoms with Crippen molar-refractivity contribution in [3.05, 3.63) is 0 Å². The summed E-state index contributed by atoms with van der Waals surface area (Å²) in [6.45, 7) is 13.7. The Morgan fingerprint density at radius 2 is 0.342 bits per heavy atom. The lowest BCUT2D eigenvalue weighted by molar-refractivity contribution is -0.0279. The van der Waals surface area contributed by atoms with E-state index in [-0.39, 0.29) is 13.2 Å². The smallest absolute Gasteiger partial charge is 0.396 e. The van der Waals surface area contributed by atoms with E-state index >= 15 is 0 Å². The second-order valence-electron chi connectivity index (χ2n) is 19.9. The Kier molecular flexibility index (Phi) is 35.6. The molecule has 0 aromatic heterocycles. The van der Waals surface area contributed by atoms with Gasteiger partial charge in [-0.05, 0) is 143 Å². The molecule has 6 aliphatic heterocycles. The van der Waals surface area contributed by atoms with Crippen molar-refractivity contribution in [1.29, 1.82) is 0 Å². The first kappa shape index (κ1) is 70.7. The van der Waals surface area contributed by atoms with Crippen LogP contribution in [-0.4, -0.2) is 186 Å². The van der Waals surface area contributed by atoms with Gasteiger partial charge in [0.1, 0.15) is 0 Å². The number of hydrogen-bond acceptors (Lipinski definition) is 22. The molecular formula is C46H100O14S8Si8. The molecule has 0 amide bonds. The maximum atomic E-state index is 9.90. The number of thioether (sulfide) groups is 8. The fourth-order valence-corrected chi connectivity index (χ4v) is 72.2. The van der Waals surface area contributed by atoms with Gasteiger partial charge in [0, 0.05) is 61.6 Å². The average molecular weight is 1360 g/mol. The Morgan fingerprint density at radius 3 is 0.461 bits per heavy atom. The van der Waals surface area contributed by atoms with Crippen LogP contribution in [0, 0.1) is 0 Å². The quantitative estimate of drug-likeness (QED) is 0.0439. The van der Waals surface area contributed by atoms with Gasteiger partial charge in [-0.3, -0.25) is 0 Å². The van der Waals surface area contributed by atoms with E-state index in [1.165, 1.54) is 0 Å². The number of rotatable bonds is 48. The third-order valence-corrected chi connectivity index (χ3v) is 61.1. The van der Waals surface area contributed by atoms with E-state index in [1.807, 2.05) is 70.6 Å². The van der Waals surface area contributed by atoms with Crippen molar-refractivity contribution < 1.29 is 59.6 Å². The molecular weight excluding hydrogens is 1260 g/mol. The molecule has 76 heavy (non-hydrogen) atoms. The highest BCUT2D eigenvalue weighted by Gasteiger charge is 2.83. The van der Waals surface area contributed by atoms with Crippen molar-refractivity contribution in [2.75, 3.05) is 105 Å². The van der Waals surface area contributed by atoms with Crippen molar-refractivity contribution in [3.8, 4) is 0 Å². The molecule has 6 rings (SSSR count). The monoisotopic (exact) mass is 1360 g/mol. The summed E-state index contributed by atoms with van der Waals surface area (Å²) >= 11 is 15.1. The van der Waals surface area contributed by atoms with Crippen LogP contribution in [0.2, 0.25) is 48.4 Å². The third-order valence-electron chi connectivity index (χ3n) is 12.9. The van der Waals surface area contributed by atoms with Crippen LogP contribution < -0.4 is 0 Å². The van der Waals surface area contributed by atoms with Crippen molar-refractivity contribution in [3.63, 3.8) is 0 Å². The maximum Gasteiger partial charge on any atom is 0.479 e. The van der Waals surface area contributed by atoms with Gasteiger partial charge in [0.25, 0.3) is 0 Å². The fraction of sp³-hybridized carbons (Fsp3) is 1.00. The average Bonchev–Trinajstić information content (AvgIpc) is 3.37. The topological polar surface area (TPSA) is 151 Å². The minimum atomic E-state index is -4.06. The molecule has 0 unspecified atom stereocenters. The molecule has 0 aliphatic carbocycles. The van der Waals surface area contributed by atoms with Crippen molar-refractivity contribution >= 4 is 165 Å². The van der Waals surface area contributed by atoms with Gasteiger partial charge in [0.15, 0.2) is 0 Å². The highest BCUT2D eigenvalue weighted by Crippen LogP contribution is 2.54. The van der Waals surface area contributed by atoms with E-state index in [2.05, 4.69) is 41.5 Å². The van der Waals surface area contributed by atoms with Crippen molar-refractivity contribution in [1.82, 2.24) is 0 Å². The van der Waals surface area contributed by atoms with Crippen LogP contribution in [-0.2, 0) is 49.4 Å². The summed E-state index contributed by atoms with van der Waals surface area (Å²) in [5.41, 5.74) is 0. The summed E-state index contributed by atoms with van der Waals surface area (Å²) in [5, 5.41) is 19.8. The molecule has 2 N–H and O–H groups in total. The zero-order valence-corrected chi connectivity index (χ0v) is 61.9. The number of hydrogen-bond donors (Lipinski definition) is 2. The lowest BCUT2D eigenvalue weighted by Gasteiger charge is -2.63. The first-order valence-electron chi connectivity index (χ1n) is 29.2. The van der Waals surface area contributed by atoms with Crippen LogP contribution in [0.3, 0.4) is 0 Å². The van der Waals surface area contributed by atoms with Gasteiger partial charge >= 0.3 is 70.4 Å². The van der Waals surface area contributed by atoms with Gasteiger partial charge in [-0.15, -0.1) is 0 Å². The van der Waals surface area contributed by atoms with E-state index in [0.717, 1.165) is 158 Å². The molecule has 0 atom stereocenters. The Balaban J connectivity index is 1.85. The van der Waals surface area contributed by atoms with Crippen LogP contribution in [0.25, 0.3) is 0 Å². The minimum Gasteiger partial charge on any atom is -0.396 e. The fourth-order valence-electron chi connectivity index (χ4n) is 8.77. The molecule has 0 aromatic rings. The second kappa shape index (κ2) is 38.3. The van der Waals surface area contributed by atoms with Gasteiger partial charge in [-0.25, -0.2) is 0 Å². The molecule has 6 saturated heterocycles. The number of aliphatic hydroxyl groups excluding tert-OH is 2. The molecule has 6 heterocycles. The molecule has 0 radical (unpaired) electrons. The third kappa shape index (κ3) is 23.6. The first-order chi connectivity index (χ1) is 37.0. The summed E-state index contributed by atoms with van der Waals surface area (Å²) in [7, 11) is -32.4. The van der Waals surface area contributed by atoms with Crippen LogP contribution >= 0.6 is 94.1 Å². The summed E-state index contributed by atoms with van der Waals surface area (Å²) in [6, 6.07) is 3.92. The second-order valence-corrected chi connectivity index (χ2v) is 54.4. The SMILES string of the molecule is CCCCSCC[Si]12O[Si]3(CCSCCCC)O[Si]4(CCSCCCC)O[Si]5(CCSCCCC)O[Si](CCSCCCC)(O[Si](CCSCCCC)(O1)O[Si](CCSCCCO)(O3)O5)O[Si](CCSCCCO)(O2)O4. The van der Waals surface area contributed by atoms with Crippen LogP contribution in [0.4, 0.5) is 0 Å². The number of aliphatic hydroxyl groups is 2. The standard InChI is InChI=1S/C46H100O14S8Si8/c1-7-13-23-61-31-39-69-49-70(40-32-62-24-14-8-2)51-72(42-34-64-26-16-10-4)53-74(44-36-66-28-18-12-6)54-73(43-35-65-27-17-11-5,59-75(55-69,58-72)45-37-67-29-19-21-47)52-71(50-69,41-33-63-25-15-9-3)57-76(56-70,60-74)46-38-68-30-20-22-48/h47-48H,7-46H2,1-6H3. The van der Waals surface area contributed by atoms with Crippen molar-refractivity contribution in [2.24, 2.45) is 0 Å². The molecule has 6 aliphatic rings. The highest BCUT2D eigenvalue weighted by atomic mass is 32.2.